The number of guanidine groups is 1. The maximum Gasteiger partial charge on any atom is 0.335 e. The monoisotopic (exact) mass is 337 g/mol. The number of rotatable bonds is 3. The minimum atomic E-state index is -2.68. The second-order valence-electron chi connectivity index (χ2n) is 5.74. The number of carboxylic acid groups (broad SMARTS) is 1. The minimum absolute atomic E-state index is 0.554. The van der Waals surface area contributed by atoms with E-state index in [1.807, 2.05) is 0 Å². The van der Waals surface area contributed by atoms with Gasteiger partial charge in [-0.05, 0) is 0 Å². The van der Waals surface area contributed by atoms with E-state index < -0.39 is 66.2 Å². The van der Waals surface area contributed by atoms with Crippen LogP contribution >= 0.6 is 0 Å². The van der Waals surface area contributed by atoms with Crippen molar-refractivity contribution in [3.8, 4) is 0 Å². The Morgan fingerprint density at radius 2 is 1.83 bits per heavy atom. The Morgan fingerprint density at radius 3 is 2.30 bits per heavy atom. The number of hydrogen-bond donors (Lipinski definition) is 10. The zero-order chi connectivity index (χ0) is 17.7. The quantitative estimate of drug-likeness (QED) is 0.233. The average molecular weight is 337 g/mol. The fourth-order valence-corrected chi connectivity index (χ4v) is 3.33. The van der Waals surface area contributed by atoms with E-state index in [0.717, 1.165) is 0 Å². The van der Waals surface area contributed by atoms with Crippen molar-refractivity contribution in [2.24, 2.45) is 16.6 Å². The Bertz CT molecular complexity index is 531. The molecule has 132 valence electrons. The molecule has 12 nitrogen and oxygen atoms in total. The summed E-state index contributed by atoms with van der Waals surface area (Å²) in [5.41, 5.74) is 0.252. The molecule has 2 rings (SSSR count). The van der Waals surface area contributed by atoms with Crippen molar-refractivity contribution in [2.75, 3.05) is 6.61 Å². The molecule has 12 heteroatoms. The third kappa shape index (κ3) is 2.19. The molecule has 1 aliphatic heterocycles. The van der Waals surface area contributed by atoms with Crippen molar-refractivity contribution in [2.45, 2.75) is 41.8 Å². The number of fused-ring (bicyclic) bond motifs is 1. The highest BCUT2D eigenvalue weighted by Crippen LogP contribution is 2.45. The van der Waals surface area contributed by atoms with E-state index in [9.17, 15) is 40.5 Å². The van der Waals surface area contributed by atoms with E-state index in [1.165, 1.54) is 0 Å². The van der Waals surface area contributed by atoms with Gasteiger partial charge in [-0.1, -0.05) is 0 Å². The number of aliphatic hydroxyl groups is 7. The number of aliphatic hydroxyl groups excluding tert-OH is 6. The normalized spacial score (nSPS) is 48.0. The molecule has 1 saturated carbocycles. The number of carbonyl (C=O) groups is 1. The Kier molecular flexibility index (Phi) is 4.28. The van der Waals surface area contributed by atoms with Gasteiger partial charge in [0.2, 0.25) is 0 Å². The summed E-state index contributed by atoms with van der Waals surface area (Å²) in [4.78, 5) is 14.7. The van der Waals surface area contributed by atoms with E-state index in [0.29, 0.717) is 0 Å². The van der Waals surface area contributed by atoms with E-state index >= 15 is 0 Å². The molecule has 0 aromatic carbocycles. The second-order valence-corrected chi connectivity index (χ2v) is 5.74. The topological polar surface area (TPSA) is 229 Å². The van der Waals surface area contributed by atoms with Crippen molar-refractivity contribution in [1.82, 2.24) is 5.32 Å². The van der Waals surface area contributed by atoms with Crippen LogP contribution in [0.4, 0.5) is 0 Å². The van der Waals surface area contributed by atoms with Gasteiger partial charge < -0.3 is 51.9 Å². The van der Waals surface area contributed by atoms with Gasteiger partial charge in [0.05, 0.1) is 18.6 Å². The standard InChI is InChI=1S/C11H19N3O9/c12-9-13-7(20)2-3(16)10(23,1-15)4(17)5(18)11(2,14-9)6(19)8(21)22/h2-7,15-20,23H,1H2,(H,21,22)(H3,12,13,14)/t2-,3-,4-,5?,6-,7-,10+,11?/m1/s1. The maximum atomic E-state index is 11.2. The van der Waals surface area contributed by atoms with Gasteiger partial charge in [0, 0.05) is 0 Å². The third-order valence-corrected chi connectivity index (χ3v) is 4.58. The van der Waals surface area contributed by atoms with E-state index in [1.54, 1.807) is 0 Å². The molecule has 8 atom stereocenters. The highest BCUT2D eigenvalue weighted by molar-refractivity contribution is 5.83. The lowest BCUT2D eigenvalue weighted by Gasteiger charge is -2.59. The SMILES string of the molecule is NC1=N[C@H](O)[C@H]2[C@@H](O)[C@@](O)(CO)[C@H](O)C(O)C2([C@H](O)C(=O)O)N1. The van der Waals surface area contributed by atoms with Crippen molar-refractivity contribution in [1.29, 1.82) is 0 Å². The lowest BCUT2D eigenvalue weighted by atomic mass is 9.58. The molecule has 0 aromatic rings. The average Bonchev–Trinajstić information content (AvgIpc) is 2.48. The van der Waals surface area contributed by atoms with Crippen LogP contribution in [0.15, 0.2) is 4.99 Å². The van der Waals surface area contributed by atoms with Crippen molar-refractivity contribution < 1.29 is 45.6 Å². The molecule has 0 saturated heterocycles. The molecule has 2 unspecified atom stereocenters. The number of nitrogens with two attached hydrogens (primary N) is 1. The Hall–Kier alpha value is -1.54. The largest absolute Gasteiger partial charge is 0.479 e. The van der Waals surface area contributed by atoms with Crippen molar-refractivity contribution in [3.63, 3.8) is 0 Å². The van der Waals surface area contributed by atoms with E-state index in [-0.39, 0.29) is 0 Å². The van der Waals surface area contributed by atoms with Crippen LogP contribution in [0, 0.1) is 5.92 Å². The smallest absolute Gasteiger partial charge is 0.335 e. The first kappa shape index (κ1) is 17.8. The van der Waals surface area contributed by atoms with Crippen LogP contribution in [0.2, 0.25) is 0 Å². The lowest BCUT2D eigenvalue weighted by Crippen LogP contribution is -2.85. The number of aliphatic carboxylic acids is 1. The van der Waals surface area contributed by atoms with Crippen LogP contribution < -0.4 is 11.1 Å². The Balaban J connectivity index is 2.68. The summed E-state index contributed by atoms with van der Waals surface area (Å²) >= 11 is 0. The molecule has 2 aliphatic rings. The molecular weight excluding hydrogens is 318 g/mol. The first-order chi connectivity index (χ1) is 10.5. The van der Waals surface area contributed by atoms with Crippen LogP contribution in [-0.2, 0) is 4.79 Å². The van der Waals surface area contributed by atoms with Crippen LogP contribution in [0.5, 0.6) is 0 Å². The molecule has 0 bridgehead atoms. The number of nitrogens with one attached hydrogen (secondary N) is 1. The number of aliphatic imine (C=N–C) groups is 1. The molecule has 11 N–H and O–H groups in total. The predicted molar refractivity (Wildman–Crippen MR) is 70.7 cm³/mol. The number of carboxylic acids is 1. The first-order valence-corrected chi connectivity index (χ1v) is 6.61. The Labute approximate surface area is 129 Å². The van der Waals surface area contributed by atoms with Crippen LogP contribution in [0.1, 0.15) is 0 Å². The lowest BCUT2D eigenvalue weighted by molar-refractivity contribution is -0.284. The second kappa shape index (κ2) is 5.52. The summed E-state index contributed by atoms with van der Waals surface area (Å²) in [6.07, 6.45) is -11.0. The molecule has 0 amide bonds. The summed E-state index contributed by atoms with van der Waals surface area (Å²) in [6.45, 7) is -1.21. The van der Waals surface area contributed by atoms with E-state index in [4.69, 9.17) is 10.8 Å². The van der Waals surface area contributed by atoms with Gasteiger partial charge in [-0.15, -0.1) is 0 Å². The maximum absolute atomic E-state index is 11.2. The highest BCUT2D eigenvalue weighted by atomic mass is 16.4. The van der Waals surface area contributed by atoms with Gasteiger partial charge >= 0.3 is 5.97 Å². The number of nitrogens with zero attached hydrogens (tertiary/aromatic N) is 1. The zero-order valence-electron chi connectivity index (χ0n) is 11.7. The van der Waals surface area contributed by atoms with Crippen molar-refractivity contribution >= 4 is 11.9 Å². The fraction of sp³-hybridized carbons (Fsp3) is 0.818. The number of hydrogen-bond acceptors (Lipinski definition) is 11. The molecule has 0 radical (unpaired) electrons. The van der Waals surface area contributed by atoms with Gasteiger partial charge in [0.15, 0.2) is 18.3 Å². The first-order valence-electron chi connectivity index (χ1n) is 6.61. The Morgan fingerprint density at radius 1 is 1.26 bits per heavy atom. The zero-order valence-corrected chi connectivity index (χ0v) is 11.7. The highest BCUT2D eigenvalue weighted by Gasteiger charge is 2.71. The van der Waals surface area contributed by atoms with Crippen LogP contribution in [0.25, 0.3) is 0 Å². The summed E-state index contributed by atoms with van der Waals surface area (Å²) in [5, 5.41) is 81.4. The van der Waals surface area contributed by atoms with Gasteiger partial charge in [-0.25, -0.2) is 9.79 Å². The summed E-state index contributed by atoms with van der Waals surface area (Å²) < 4.78 is 0. The fourth-order valence-electron chi connectivity index (χ4n) is 3.33. The van der Waals surface area contributed by atoms with Crippen LogP contribution in [0.3, 0.4) is 0 Å². The molecule has 1 heterocycles. The molecule has 0 aromatic heterocycles. The third-order valence-electron chi connectivity index (χ3n) is 4.58. The molecule has 1 aliphatic carbocycles. The van der Waals surface area contributed by atoms with E-state index in [2.05, 4.69) is 10.3 Å². The molecule has 23 heavy (non-hydrogen) atoms. The van der Waals surface area contributed by atoms with Crippen LogP contribution in [-0.4, -0.2) is 101 Å². The predicted octanol–water partition coefficient (Wildman–Crippen LogP) is -6.16. The summed E-state index contributed by atoms with van der Waals surface area (Å²) in [6, 6.07) is 0. The molecular formula is C11H19N3O9. The van der Waals surface area contributed by atoms with Gasteiger partial charge in [0.1, 0.15) is 23.3 Å². The summed E-state index contributed by atoms with van der Waals surface area (Å²) in [5.74, 6) is -4.21. The summed E-state index contributed by atoms with van der Waals surface area (Å²) in [7, 11) is 0. The van der Waals surface area contributed by atoms with Gasteiger partial charge in [-0.3, -0.25) is 0 Å². The van der Waals surface area contributed by atoms with Gasteiger partial charge in [0.25, 0.3) is 0 Å². The van der Waals surface area contributed by atoms with Gasteiger partial charge in [-0.2, -0.15) is 0 Å². The van der Waals surface area contributed by atoms with Crippen molar-refractivity contribution in [3.05, 3.63) is 0 Å². The minimum Gasteiger partial charge on any atom is -0.479 e. The molecule has 1 fully saturated rings. The molecule has 0 spiro atoms.